The van der Waals surface area contributed by atoms with Crippen LogP contribution >= 0.6 is 0 Å². The molecule has 0 aliphatic carbocycles. The number of methoxy groups -OCH3 is 1. The Morgan fingerprint density at radius 2 is 2.06 bits per heavy atom. The maximum Gasteiger partial charge on any atom is 0.246 e. The quantitative estimate of drug-likeness (QED) is 0.351. The molecule has 8 nitrogen and oxygen atoms in total. The average Bonchev–Trinajstić information content (AvgIpc) is 2.33. The fraction of sp³-hybridized carbons (Fsp3) is 0.889. The summed E-state index contributed by atoms with van der Waals surface area (Å²) in [7, 11) is 1.29. The zero-order chi connectivity index (χ0) is 13.0. The highest BCUT2D eigenvalue weighted by Gasteiger charge is 2.45. The number of aliphatic hydroxyl groups is 4. The molecule has 1 saturated heterocycles. The van der Waals surface area contributed by atoms with E-state index in [1.807, 2.05) is 0 Å². The smallest absolute Gasteiger partial charge is 0.246 e. The Balaban J connectivity index is 2.77. The minimum atomic E-state index is -1.43. The zero-order valence-corrected chi connectivity index (χ0v) is 9.31. The summed E-state index contributed by atoms with van der Waals surface area (Å²) in [5.41, 5.74) is 0. The second-order valence-corrected chi connectivity index (χ2v) is 3.69. The van der Waals surface area contributed by atoms with Gasteiger partial charge in [-0.05, 0) is 0 Å². The summed E-state index contributed by atoms with van der Waals surface area (Å²) >= 11 is 0. The van der Waals surface area contributed by atoms with Crippen LogP contribution in [0.2, 0.25) is 0 Å². The van der Waals surface area contributed by atoms with E-state index in [0.717, 1.165) is 0 Å². The van der Waals surface area contributed by atoms with Crippen molar-refractivity contribution in [1.82, 2.24) is 5.32 Å². The molecule has 0 unspecified atom stereocenters. The van der Waals surface area contributed by atoms with Gasteiger partial charge in [-0.3, -0.25) is 4.79 Å². The number of nitrogens with one attached hydrogen (secondary N) is 1. The summed E-state index contributed by atoms with van der Waals surface area (Å²) in [6, 6.07) is -1.02. The van der Waals surface area contributed by atoms with Crippen molar-refractivity contribution >= 4 is 5.91 Å². The number of ether oxygens (including phenoxy) is 2. The number of carbonyl (C=O) groups is 1. The summed E-state index contributed by atoms with van der Waals surface area (Å²) in [5.74, 6) is -0.727. The van der Waals surface area contributed by atoms with Crippen molar-refractivity contribution in [1.29, 1.82) is 0 Å². The number of carbonyl (C=O) groups excluding carboxylic acids is 1. The first kappa shape index (κ1) is 14.3. The second kappa shape index (κ2) is 6.24. The number of hydrogen-bond acceptors (Lipinski definition) is 7. The molecule has 1 rings (SSSR count). The molecule has 8 heteroatoms. The highest BCUT2D eigenvalue weighted by molar-refractivity contribution is 5.77. The Kier molecular flexibility index (Phi) is 5.25. The van der Waals surface area contributed by atoms with Crippen LogP contribution in [-0.4, -0.2) is 77.3 Å². The van der Waals surface area contributed by atoms with Crippen LogP contribution in [0.25, 0.3) is 0 Å². The minimum absolute atomic E-state index is 0.487. The summed E-state index contributed by atoms with van der Waals surface area (Å²) in [5, 5.41) is 39.2. The van der Waals surface area contributed by atoms with Gasteiger partial charge >= 0.3 is 0 Å². The summed E-state index contributed by atoms with van der Waals surface area (Å²) in [6.45, 7) is -1.24. The van der Waals surface area contributed by atoms with Gasteiger partial charge in [0.1, 0.15) is 31.0 Å². The van der Waals surface area contributed by atoms with E-state index in [0.29, 0.717) is 0 Å². The SMILES string of the molecule is CO[C@H]1[C@H](O)[C@@H](CO)O[C@H](O)[C@@H]1NC(=O)CO. The largest absolute Gasteiger partial charge is 0.394 e. The number of aliphatic hydroxyl groups excluding tert-OH is 4. The van der Waals surface area contributed by atoms with Gasteiger partial charge in [-0.1, -0.05) is 0 Å². The first-order valence-electron chi connectivity index (χ1n) is 5.10. The maximum absolute atomic E-state index is 11.0. The predicted molar refractivity (Wildman–Crippen MR) is 53.8 cm³/mol. The predicted octanol–water partition coefficient (Wildman–Crippen LogP) is -3.45. The molecule has 0 saturated carbocycles. The molecule has 1 aliphatic rings. The van der Waals surface area contributed by atoms with Crippen LogP contribution in [0.5, 0.6) is 0 Å². The minimum Gasteiger partial charge on any atom is -0.394 e. The van der Waals surface area contributed by atoms with E-state index in [1.165, 1.54) is 7.11 Å². The fourth-order valence-electron chi connectivity index (χ4n) is 1.75. The van der Waals surface area contributed by atoms with Crippen molar-refractivity contribution in [3.63, 3.8) is 0 Å². The molecule has 1 amide bonds. The first-order valence-corrected chi connectivity index (χ1v) is 5.10. The van der Waals surface area contributed by atoms with Crippen molar-refractivity contribution in [2.75, 3.05) is 20.3 Å². The van der Waals surface area contributed by atoms with Crippen LogP contribution < -0.4 is 5.32 Å². The molecule has 0 aromatic heterocycles. The van der Waals surface area contributed by atoms with Crippen molar-refractivity contribution < 1.29 is 34.7 Å². The molecule has 0 aromatic carbocycles. The van der Waals surface area contributed by atoms with E-state index < -0.39 is 49.8 Å². The van der Waals surface area contributed by atoms with Gasteiger partial charge in [0.2, 0.25) is 5.91 Å². The maximum atomic E-state index is 11.0. The van der Waals surface area contributed by atoms with Crippen molar-refractivity contribution in [2.24, 2.45) is 0 Å². The molecule has 0 bridgehead atoms. The van der Waals surface area contributed by atoms with Gasteiger partial charge in [-0.25, -0.2) is 0 Å². The molecule has 0 aromatic rings. The highest BCUT2D eigenvalue weighted by Crippen LogP contribution is 2.21. The van der Waals surface area contributed by atoms with Gasteiger partial charge in [0, 0.05) is 7.11 Å². The lowest BCUT2D eigenvalue weighted by atomic mass is 9.97. The molecule has 5 N–H and O–H groups in total. The normalized spacial score (nSPS) is 37.8. The standard InChI is InChI=1S/C9H17NO7/c1-16-8-6(10-5(13)3-12)9(15)17-4(2-11)7(8)14/h4,6-9,11-12,14-15H,2-3H2,1H3,(H,10,13)/t4-,6-,7-,8-,9+/m1/s1. The van der Waals surface area contributed by atoms with E-state index in [9.17, 15) is 15.0 Å². The lowest BCUT2D eigenvalue weighted by molar-refractivity contribution is -0.258. The summed E-state index contributed by atoms with van der Waals surface area (Å²) in [4.78, 5) is 11.0. The molecular formula is C9H17NO7. The molecule has 1 heterocycles. The number of amides is 1. The molecule has 1 fully saturated rings. The Labute approximate surface area is 97.8 Å². The first-order chi connectivity index (χ1) is 8.04. The second-order valence-electron chi connectivity index (χ2n) is 3.69. The van der Waals surface area contributed by atoms with Crippen LogP contribution in [0.1, 0.15) is 0 Å². The average molecular weight is 251 g/mol. The lowest BCUT2D eigenvalue weighted by Crippen LogP contribution is -2.65. The third-order valence-corrected chi connectivity index (χ3v) is 2.62. The van der Waals surface area contributed by atoms with E-state index in [4.69, 9.17) is 19.7 Å². The van der Waals surface area contributed by atoms with E-state index in [-0.39, 0.29) is 0 Å². The van der Waals surface area contributed by atoms with Gasteiger partial charge in [-0.15, -0.1) is 0 Å². The van der Waals surface area contributed by atoms with Crippen LogP contribution in [0.4, 0.5) is 0 Å². The molecule has 0 radical (unpaired) electrons. The van der Waals surface area contributed by atoms with Crippen molar-refractivity contribution in [3.05, 3.63) is 0 Å². The van der Waals surface area contributed by atoms with Crippen LogP contribution in [0.3, 0.4) is 0 Å². The van der Waals surface area contributed by atoms with Crippen molar-refractivity contribution in [3.8, 4) is 0 Å². The zero-order valence-electron chi connectivity index (χ0n) is 9.31. The molecule has 1 aliphatic heterocycles. The third kappa shape index (κ3) is 3.12. The van der Waals surface area contributed by atoms with Crippen LogP contribution in [0.15, 0.2) is 0 Å². The Morgan fingerprint density at radius 1 is 1.41 bits per heavy atom. The van der Waals surface area contributed by atoms with E-state index in [2.05, 4.69) is 5.32 Å². The van der Waals surface area contributed by atoms with Crippen LogP contribution in [0, 0.1) is 0 Å². The molecular weight excluding hydrogens is 234 g/mol. The molecule has 0 spiro atoms. The lowest BCUT2D eigenvalue weighted by Gasteiger charge is -2.41. The molecule has 17 heavy (non-hydrogen) atoms. The van der Waals surface area contributed by atoms with Gasteiger partial charge in [0.15, 0.2) is 6.29 Å². The Bertz CT molecular complexity index is 262. The fourth-order valence-corrected chi connectivity index (χ4v) is 1.75. The number of hydrogen-bond donors (Lipinski definition) is 5. The monoisotopic (exact) mass is 251 g/mol. The Morgan fingerprint density at radius 3 is 2.53 bits per heavy atom. The van der Waals surface area contributed by atoms with E-state index in [1.54, 1.807) is 0 Å². The number of rotatable bonds is 4. The topological polar surface area (TPSA) is 128 Å². The summed E-state index contributed by atoms with van der Waals surface area (Å²) < 4.78 is 9.88. The molecule has 5 atom stereocenters. The van der Waals surface area contributed by atoms with Gasteiger partial charge in [-0.2, -0.15) is 0 Å². The van der Waals surface area contributed by atoms with Gasteiger partial charge in [0.05, 0.1) is 6.61 Å². The highest BCUT2D eigenvalue weighted by atomic mass is 16.6. The van der Waals surface area contributed by atoms with Gasteiger partial charge < -0.3 is 35.2 Å². The summed E-state index contributed by atoms with van der Waals surface area (Å²) in [6.07, 6.45) is -4.56. The molecule has 100 valence electrons. The Hall–Kier alpha value is -0.770. The third-order valence-electron chi connectivity index (χ3n) is 2.62. The van der Waals surface area contributed by atoms with Crippen LogP contribution in [-0.2, 0) is 14.3 Å². The van der Waals surface area contributed by atoms with E-state index >= 15 is 0 Å². The van der Waals surface area contributed by atoms with Gasteiger partial charge in [0.25, 0.3) is 0 Å². The van der Waals surface area contributed by atoms with Crippen molar-refractivity contribution in [2.45, 2.75) is 30.6 Å².